The lowest BCUT2D eigenvalue weighted by atomic mass is 9.45. The maximum atomic E-state index is 14.4. The Morgan fingerprint density at radius 3 is 2.54 bits per heavy atom. The molecule has 0 radical (unpaired) electrons. The number of fused-ring (bicyclic) bond motifs is 5. The zero-order valence-corrected chi connectivity index (χ0v) is 19.8. The summed E-state index contributed by atoms with van der Waals surface area (Å²) in [6, 6.07) is 0. The van der Waals surface area contributed by atoms with Gasteiger partial charge in [-0.25, -0.2) is 4.39 Å². The molecule has 0 N–H and O–H groups in total. The van der Waals surface area contributed by atoms with E-state index in [0.29, 0.717) is 23.6 Å². The van der Waals surface area contributed by atoms with Crippen molar-refractivity contribution in [3.8, 4) is 0 Å². The molecule has 0 spiro atoms. The highest BCUT2D eigenvalue weighted by Crippen LogP contribution is 2.68. The van der Waals surface area contributed by atoms with Gasteiger partial charge in [0.1, 0.15) is 0 Å². The van der Waals surface area contributed by atoms with E-state index in [1.807, 2.05) is 13.0 Å². The molecule has 144 valence electrons. The molecule has 0 aromatic heterocycles. The first-order valence-electron chi connectivity index (χ1n) is 9.41. The summed E-state index contributed by atoms with van der Waals surface area (Å²) in [6.45, 7) is 4.27. The molecule has 26 heavy (non-hydrogen) atoms. The summed E-state index contributed by atoms with van der Waals surface area (Å²) in [6.07, 6.45) is 4.24. The van der Waals surface area contributed by atoms with E-state index in [-0.39, 0.29) is 32.1 Å². The Morgan fingerprint density at radius 2 is 1.88 bits per heavy atom. The van der Waals surface area contributed by atoms with E-state index in [0.717, 1.165) is 25.7 Å². The fraction of sp³-hybridized carbons (Fsp3) is 0.800. The third-order valence-electron chi connectivity index (χ3n) is 8.02. The van der Waals surface area contributed by atoms with Gasteiger partial charge in [0, 0.05) is 10.7 Å². The van der Waals surface area contributed by atoms with Gasteiger partial charge in [-0.05, 0) is 66.9 Å². The standard InChI is InChI=1S/C20H24Br3FO2/c1-18-4-3-11-10(12(18)5-14(24)17(18)26)7-20(23,9-21)16-6-15(25)13(22)8-19(11,16)2/h6,10-14H,3-5,7-9H2,1-2H3/t10-,11-,12+,13?,14?,18+,19-,20?/m1/s1. The van der Waals surface area contributed by atoms with E-state index in [1.165, 1.54) is 5.57 Å². The minimum absolute atomic E-state index is 0.101. The molecule has 0 amide bonds. The minimum Gasteiger partial charge on any atom is -0.296 e. The molecule has 3 fully saturated rings. The van der Waals surface area contributed by atoms with Crippen LogP contribution in [0.5, 0.6) is 0 Å². The molecule has 2 nitrogen and oxygen atoms in total. The lowest BCUT2D eigenvalue weighted by Gasteiger charge is -2.61. The van der Waals surface area contributed by atoms with E-state index >= 15 is 0 Å². The summed E-state index contributed by atoms with van der Waals surface area (Å²) in [5, 5.41) is 0.710. The molecule has 0 saturated heterocycles. The van der Waals surface area contributed by atoms with Crippen molar-refractivity contribution in [3.05, 3.63) is 11.6 Å². The summed E-state index contributed by atoms with van der Waals surface area (Å²) < 4.78 is 14.1. The van der Waals surface area contributed by atoms with Crippen LogP contribution in [-0.4, -0.2) is 32.2 Å². The van der Waals surface area contributed by atoms with Crippen LogP contribution in [-0.2, 0) is 9.59 Å². The van der Waals surface area contributed by atoms with E-state index in [9.17, 15) is 14.0 Å². The second-order valence-electron chi connectivity index (χ2n) is 9.25. The third-order valence-corrected chi connectivity index (χ3v) is 11.5. The molecular weight excluding hydrogens is 531 g/mol. The number of halogens is 4. The molecule has 0 bridgehead atoms. The van der Waals surface area contributed by atoms with Crippen molar-refractivity contribution < 1.29 is 14.0 Å². The van der Waals surface area contributed by atoms with Gasteiger partial charge in [-0.15, -0.1) is 0 Å². The molecule has 4 aliphatic carbocycles. The lowest BCUT2D eigenvalue weighted by Crippen LogP contribution is -2.58. The van der Waals surface area contributed by atoms with Crippen LogP contribution in [0.4, 0.5) is 4.39 Å². The molecule has 4 aliphatic rings. The summed E-state index contributed by atoms with van der Waals surface area (Å²) >= 11 is 11.2. The lowest BCUT2D eigenvalue weighted by molar-refractivity contribution is -0.135. The summed E-state index contributed by atoms with van der Waals surface area (Å²) in [4.78, 5) is 24.8. The number of hydrogen-bond donors (Lipinski definition) is 0. The maximum Gasteiger partial charge on any atom is 0.173 e. The number of carbonyl (C=O) groups is 2. The highest BCUT2D eigenvalue weighted by atomic mass is 79.9. The van der Waals surface area contributed by atoms with Gasteiger partial charge in [-0.2, -0.15) is 0 Å². The van der Waals surface area contributed by atoms with Gasteiger partial charge >= 0.3 is 0 Å². The molecule has 4 rings (SSSR count). The highest BCUT2D eigenvalue weighted by Gasteiger charge is 2.65. The summed E-state index contributed by atoms with van der Waals surface area (Å²) in [5.74, 6) is 0.752. The van der Waals surface area contributed by atoms with Crippen molar-refractivity contribution >= 4 is 59.4 Å². The van der Waals surface area contributed by atoms with Crippen molar-refractivity contribution in [2.45, 2.75) is 61.3 Å². The highest BCUT2D eigenvalue weighted by molar-refractivity contribution is 9.12. The molecule has 0 aliphatic heterocycles. The quantitative estimate of drug-likeness (QED) is 0.398. The van der Waals surface area contributed by atoms with Crippen LogP contribution in [0.25, 0.3) is 0 Å². The molecule has 0 aromatic rings. The van der Waals surface area contributed by atoms with E-state index in [4.69, 9.17) is 0 Å². The number of alkyl halides is 4. The van der Waals surface area contributed by atoms with Crippen molar-refractivity contribution in [1.29, 1.82) is 0 Å². The Labute approximate surface area is 179 Å². The number of ketones is 2. The van der Waals surface area contributed by atoms with Crippen LogP contribution in [0.1, 0.15) is 46.0 Å². The first-order chi connectivity index (χ1) is 12.1. The molecule has 6 heteroatoms. The Hall–Kier alpha value is 0.450. The van der Waals surface area contributed by atoms with Crippen LogP contribution in [0.2, 0.25) is 0 Å². The Morgan fingerprint density at radius 1 is 1.19 bits per heavy atom. The Balaban J connectivity index is 1.82. The minimum atomic E-state index is -1.31. The predicted molar refractivity (Wildman–Crippen MR) is 111 cm³/mol. The van der Waals surface area contributed by atoms with Crippen molar-refractivity contribution in [2.75, 3.05) is 5.33 Å². The Kier molecular flexibility index (Phi) is 4.73. The van der Waals surface area contributed by atoms with Crippen LogP contribution in [0.3, 0.4) is 0 Å². The van der Waals surface area contributed by atoms with Gasteiger partial charge in [0.25, 0.3) is 0 Å². The zero-order valence-electron chi connectivity index (χ0n) is 15.0. The largest absolute Gasteiger partial charge is 0.296 e. The van der Waals surface area contributed by atoms with Crippen LogP contribution < -0.4 is 0 Å². The number of hydrogen-bond acceptors (Lipinski definition) is 2. The summed E-state index contributed by atoms with van der Waals surface area (Å²) in [7, 11) is 0. The van der Waals surface area contributed by atoms with Gasteiger partial charge in [0.2, 0.25) is 0 Å². The molecule has 0 heterocycles. The number of allylic oxidation sites excluding steroid dienone is 1. The maximum absolute atomic E-state index is 14.4. The molecule has 8 atom stereocenters. The average molecular weight is 555 g/mol. The molecular formula is C20H24Br3FO2. The Bertz CT molecular complexity index is 709. The topological polar surface area (TPSA) is 34.1 Å². The number of Topliss-reactive ketones (excluding diaryl/α,β-unsaturated/α-hetero) is 1. The van der Waals surface area contributed by atoms with Gasteiger partial charge < -0.3 is 0 Å². The first kappa shape index (κ1) is 19.8. The second kappa shape index (κ2) is 6.22. The average Bonchev–Trinajstić information content (AvgIpc) is 2.81. The van der Waals surface area contributed by atoms with Crippen molar-refractivity contribution in [3.63, 3.8) is 0 Å². The molecule has 3 unspecified atom stereocenters. The van der Waals surface area contributed by atoms with Crippen molar-refractivity contribution in [1.82, 2.24) is 0 Å². The second-order valence-corrected chi connectivity index (χ2v) is 12.4. The van der Waals surface area contributed by atoms with E-state index < -0.39 is 11.6 Å². The monoisotopic (exact) mass is 552 g/mol. The first-order valence-corrected chi connectivity index (χ1v) is 12.2. The fourth-order valence-electron chi connectivity index (χ4n) is 6.69. The summed E-state index contributed by atoms with van der Waals surface area (Å²) in [5.41, 5.74) is 0.561. The molecule has 3 saturated carbocycles. The zero-order chi connectivity index (χ0) is 19.1. The van der Waals surface area contributed by atoms with Crippen LogP contribution in [0, 0.1) is 28.6 Å². The van der Waals surface area contributed by atoms with E-state index in [2.05, 4.69) is 54.7 Å². The SMILES string of the molecule is C[C@]12CC(Br)C(=O)C=C1C(Br)(CBr)C[C@@H]1[C@H]2CC[C@]2(C)C(=O)C(F)C[C@@H]12. The smallest absolute Gasteiger partial charge is 0.173 e. The normalized spacial score (nSPS) is 53.6. The predicted octanol–water partition coefficient (Wildman–Crippen LogP) is 5.55. The number of rotatable bonds is 1. The fourth-order valence-corrected chi connectivity index (χ4v) is 8.97. The van der Waals surface area contributed by atoms with Gasteiger partial charge in [-0.1, -0.05) is 61.6 Å². The van der Waals surface area contributed by atoms with Crippen molar-refractivity contribution in [2.24, 2.45) is 28.6 Å². The van der Waals surface area contributed by atoms with Gasteiger partial charge in [-0.3, -0.25) is 9.59 Å². The van der Waals surface area contributed by atoms with Gasteiger partial charge in [0.15, 0.2) is 17.7 Å². The van der Waals surface area contributed by atoms with E-state index in [1.54, 1.807) is 0 Å². The molecule has 0 aromatic carbocycles. The van der Waals surface area contributed by atoms with Crippen LogP contribution in [0.15, 0.2) is 11.6 Å². The van der Waals surface area contributed by atoms with Crippen LogP contribution >= 0.6 is 47.8 Å². The third kappa shape index (κ3) is 2.49. The van der Waals surface area contributed by atoms with Gasteiger partial charge in [0.05, 0.1) is 9.15 Å². The number of carbonyl (C=O) groups excluding carboxylic acids is 2.